The number of benzene rings is 2. The standard InChI is InChI=1S/C28H36O8/c1-10-14(2)28(30)36-24-16(4)15(3)11-17-12-19(31-5)25(33-7)23(29)21(17)22-18(24)13-20(32-6)26(34-8)27(22)35-9/h10,12-13,15-16,24,29H,11H2,1-9H3/t15-,16-,24+/m1/s1. The summed E-state index contributed by atoms with van der Waals surface area (Å²) in [7, 11) is 7.56. The number of hydrogen-bond donors (Lipinski definition) is 1. The third-order valence-corrected chi connectivity index (χ3v) is 7.05. The van der Waals surface area contributed by atoms with Gasteiger partial charge in [0, 0.05) is 28.2 Å². The number of phenolic OH excluding ortho intramolecular Hbond substituents is 1. The zero-order valence-corrected chi connectivity index (χ0v) is 22.5. The minimum absolute atomic E-state index is 0.0669. The largest absolute Gasteiger partial charge is 0.504 e. The first-order valence-corrected chi connectivity index (χ1v) is 11.8. The molecule has 3 atom stereocenters. The number of aromatic hydroxyl groups is 1. The van der Waals surface area contributed by atoms with Gasteiger partial charge in [-0.05, 0) is 43.9 Å². The van der Waals surface area contributed by atoms with Crippen molar-refractivity contribution in [2.45, 2.75) is 40.2 Å². The number of phenols is 1. The lowest BCUT2D eigenvalue weighted by Crippen LogP contribution is -2.27. The number of esters is 1. The zero-order valence-electron chi connectivity index (χ0n) is 22.5. The van der Waals surface area contributed by atoms with Gasteiger partial charge in [0.2, 0.25) is 11.5 Å². The van der Waals surface area contributed by atoms with Gasteiger partial charge in [0.25, 0.3) is 0 Å². The average Bonchev–Trinajstić information content (AvgIpc) is 2.88. The maximum absolute atomic E-state index is 13.0. The summed E-state index contributed by atoms with van der Waals surface area (Å²) in [6, 6.07) is 3.65. The Balaban J connectivity index is 2.51. The molecule has 0 saturated carbocycles. The molecule has 0 amide bonds. The number of carbonyl (C=O) groups is 1. The van der Waals surface area contributed by atoms with Gasteiger partial charge in [-0.15, -0.1) is 0 Å². The lowest BCUT2D eigenvalue weighted by atomic mass is 9.75. The van der Waals surface area contributed by atoms with Crippen molar-refractivity contribution >= 4 is 5.97 Å². The molecule has 8 nitrogen and oxygen atoms in total. The second kappa shape index (κ2) is 11.0. The van der Waals surface area contributed by atoms with Crippen molar-refractivity contribution in [2.75, 3.05) is 35.5 Å². The number of ether oxygens (including phenoxy) is 6. The molecule has 0 spiro atoms. The molecule has 2 aromatic rings. The monoisotopic (exact) mass is 500 g/mol. The van der Waals surface area contributed by atoms with Crippen molar-refractivity contribution in [1.29, 1.82) is 0 Å². The van der Waals surface area contributed by atoms with Crippen LogP contribution in [0.4, 0.5) is 0 Å². The van der Waals surface area contributed by atoms with E-state index in [4.69, 9.17) is 28.4 Å². The summed E-state index contributed by atoms with van der Waals surface area (Å²) < 4.78 is 34.3. The maximum Gasteiger partial charge on any atom is 0.333 e. The molecule has 3 rings (SSSR count). The summed E-state index contributed by atoms with van der Waals surface area (Å²) in [4.78, 5) is 13.0. The van der Waals surface area contributed by atoms with E-state index in [1.54, 1.807) is 26.0 Å². The predicted octanol–water partition coefficient (Wildman–Crippen LogP) is 5.48. The third kappa shape index (κ3) is 4.52. The molecule has 1 N–H and O–H groups in total. The average molecular weight is 501 g/mol. The van der Waals surface area contributed by atoms with E-state index >= 15 is 0 Å². The van der Waals surface area contributed by atoms with Crippen molar-refractivity contribution in [3.8, 4) is 45.6 Å². The van der Waals surface area contributed by atoms with Crippen LogP contribution in [0.2, 0.25) is 0 Å². The van der Waals surface area contributed by atoms with Gasteiger partial charge in [0.05, 0.1) is 35.5 Å². The minimum atomic E-state index is -0.660. The highest BCUT2D eigenvalue weighted by Gasteiger charge is 2.39. The van der Waals surface area contributed by atoms with E-state index in [1.165, 1.54) is 35.5 Å². The SMILES string of the molecule is CC=C(C)C(=O)O[C@@H]1c2cc(OC)c(OC)c(OC)c2-c2c(cc(OC)c(OC)c2O)C[C@@H](C)[C@H]1C. The molecule has 0 unspecified atom stereocenters. The van der Waals surface area contributed by atoms with Crippen LogP contribution in [0.15, 0.2) is 23.8 Å². The fourth-order valence-electron chi connectivity index (χ4n) is 4.74. The van der Waals surface area contributed by atoms with Crippen LogP contribution in [0, 0.1) is 11.8 Å². The first-order valence-electron chi connectivity index (χ1n) is 11.8. The van der Waals surface area contributed by atoms with Crippen LogP contribution in [-0.2, 0) is 16.0 Å². The number of methoxy groups -OCH3 is 5. The molecule has 0 heterocycles. The quantitative estimate of drug-likeness (QED) is 0.395. The van der Waals surface area contributed by atoms with Gasteiger partial charge in [-0.3, -0.25) is 0 Å². The van der Waals surface area contributed by atoms with E-state index in [-0.39, 0.29) is 23.3 Å². The normalized spacial score (nSPS) is 19.2. The predicted molar refractivity (Wildman–Crippen MR) is 137 cm³/mol. The lowest BCUT2D eigenvalue weighted by Gasteiger charge is -2.35. The lowest BCUT2D eigenvalue weighted by molar-refractivity contribution is -0.148. The van der Waals surface area contributed by atoms with Gasteiger partial charge < -0.3 is 33.5 Å². The molecule has 0 saturated heterocycles. The van der Waals surface area contributed by atoms with Gasteiger partial charge in [0.15, 0.2) is 23.0 Å². The molecule has 196 valence electrons. The number of rotatable bonds is 7. The molecule has 2 aromatic carbocycles. The highest BCUT2D eigenvalue weighted by Crippen LogP contribution is 2.57. The summed E-state index contributed by atoms with van der Waals surface area (Å²) in [5, 5.41) is 11.5. The highest BCUT2D eigenvalue weighted by atomic mass is 16.5. The number of fused-ring (bicyclic) bond motifs is 3. The maximum atomic E-state index is 13.0. The molecule has 8 heteroatoms. The van der Waals surface area contributed by atoms with Crippen LogP contribution >= 0.6 is 0 Å². The molecule has 1 aliphatic carbocycles. The van der Waals surface area contributed by atoms with Gasteiger partial charge in [-0.1, -0.05) is 19.9 Å². The van der Waals surface area contributed by atoms with Crippen LogP contribution in [0.1, 0.15) is 44.9 Å². The smallest absolute Gasteiger partial charge is 0.333 e. The van der Waals surface area contributed by atoms with E-state index in [0.29, 0.717) is 51.7 Å². The Labute approximate surface area is 212 Å². The molecule has 1 aliphatic rings. The van der Waals surface area contributed by atoms with Crippen molar-refractivity contribution in [3.05, 3.63) is 34.9 Å². The minimum Gasteiger partial charge on any atom is -0.504 e. The molecule has 0 aliphatic heterocycles. The summed E-state index contributed by atoms with van der Waals surface area (Å²) >= 11 is 0. The molecule has 36 heavy (non-hydrogen) atoms. The van der Waals surface area contributed by atoms with Crippen molar-refractivity contribution in [2.24, 2.45) is 11.8 Å². The first kappa shape index (κ1) is 27.0. The Hall–Kier alpha value is -3.55. The fraction of sp³-hybridized carbons (Fsp3) is 0.464. The Bertz CT molecular complexity index is 1170. The zero-order chi connectivity index (χ0) is 26.7. The third-order valence-electron chi connectivity index (χ3n) is 7.05. The van der Waals surface area contributed by atoms with E-state index in [2.05, 4.69) is 6.92 Å². The molecule has 0 aromatic heterocycles. The van der Waals surface area contributed by atoms with Crippen LogP contribution < -0.4 is 23.7 Å². The molecular weight excluding hydrogens is 464 g/mol. The van der Waals surface area contributed by atoms with Crippen LogP contribution in [0.25, 0.3) is 11.1 Å². The van der Waals surface area contributed by atoms with Gasteiger partial charge in [0.1, 0.15) is 6.10 Å². The van der Waals surface area contributed by atoms with E-state index in [0.717, 1.165) is 5.56 Å². The molecule has 0 bridgehead atoms. The fourth-order valence-corrected chi connectivity index (χ4v) is 4.74. The van der Waals surface area contributed by atoms with Gasteiger partial charge in [-0.25, -0.2) is 4.79 Å². The molecular formula is C28H36O8. The summed E-state index contributed by atoms with van der Waals surface area (Å²) in [6.45, 7) is 7.65. The Morgan fingerprint density at radius 3 is 2.00 bits per heavy atom. The Kier molecular flexibility index (Phi) is 8.28. The van der Waals surface area contributed by atoms with Gasteiger partial charge in [-0.2, -0.15) is 0 Å². The van der Waals surface area contributed by atoms with Crippen molar-refractivity contribution < 1.29 is 38.3 Å². The molecule has 0 radical (unpaired) electrons. The summed E-state index contributed by atoms with van der Waals surface area (Å²) in [6.07, 6.45) is 1.64. The number of allylic oxidation sites excluding steroid dienone is 1. The van der Waals surface area contributed by atoms with Crippen molar-refractivity contribution in [3.63, 3.8) is 0 Å². The van der Waals surface area contributed by atoms with E-state index in [1.807, 2.05) is 13.0 Å². The summed E-state index contributed by atoms with van der Waals surface area (Å²) in [5.74, 6) is 1.18. The van der Waals surface area contributed by atoms with Gasteiger partial charge >= 0.3 is 5.97 Å². The first-order chi connectivity index (χ1) is 17.2. The van der Waals surface area contributed by atoms with Crippen LogP contribution in [-0.4, -0.2) is 46.6 Å². The number of carbonyl (C=O) groups excluding carboxylic acids is 1. The number of hydrogen-bond acceptors (Lipinski definition) is 8. The van der Waals surface area contributed by atoms with E-state index < -0.39 is 12.1 Å². The van der Waals surface area contributed by atoms with E-state index in [9.17, 15) is 9.90 Å². The Morgan fingerprint density at radius 1 is 0.889 bits per heavy atom. The highest BCUT2D eigenvalue weighted by molar-refractivity contribution is 5.90. The Morgan fingerprint density at radius 2 is 1.47 bits per heavy atom. The second-order valence-electron chi connectivity index (χ2n) is 8.94. The van der Waals surface area contributed by atoms with Crippen molar-refractivity contribution in [1.82, 2.24) is 0 Å². The topological polar surface area (TPSA) is 92.7 Å². The van der Waals surface area contributed by atoms with Crippen LogP contribution in [0.3, 0.4) is 0 Å². The van der Waals surface area contributed by atoms with Crippen LogP contribution in [0.5, 0.6) is 34.5 Å². The second-order valence-corrected chi connectivity index (χ2v) is 8.94. The summed E-state index contributed by atoms with van der Waals surface area (Å²) in [5.41, 5.74) is 3.01. The molecule has 0 fully saturated rings.